The van der Waals surface area contributed by atoms with Gasteiger partial charge in [-0.2, -0.15) is 0 Å². The number of hydrogen-bond acceptors (Lipinski definition) is 3. The van der Waals surface area contributed by atoms with Crippen LogP contribution in [0.4, 0.5) is 0 Å². The minimum absolute atomic E-state index is 0.0946. The normalized spacial score (nSPS) is 10.5. The van der Waals surface area contributed by atoms with Crippen molar-refractivity contribution in [2.45, 2.75) is 13.3 Å². The summed E-state index contributed by atoms with van der Waals surface area (Å²) in [5, 5.41) is 0. The minimum atomic E-state index is 0.0946. The van der Waals surface area contributed by atoms with Crippen molar-refractivity contribution in [3.8, 4) is 0 Å². The molecule has 0 saturated carbocycles. The SMILES string of the molecule is CCOC=NCC(=O)Cc1ccccc1. The van der Waals surface area contributed by atoms with E-state index >= 15 is 0 Å². The summed E-state index contributed by atoms with van der Waals surface area (Å²) in [5.74, 6) is 0.0946. The smallest absolute Gasteiger partial charge is 0.169 e. The first kappa shape index (κ1) is 11.4. The molecule has 0 aromatic heterocycles. The molecule has 15 heavy (non-hydrogen) atoms. The average Bonchev–Trinajstić information content (AvgIpc) is 2.26. The number of carbonyl (C=O) groups excluding carboxylic acids is 1. The number of benzene rings is 1. The van der Waals surface area contributed by atoms with Crippen LogP contribution in [0.2, 0.25) is 0 Å². The first-order valence-electron chi connectivity index (χ1n) is 4.98. The van der Waals surface area contributed by atoms with Gasteiger partial charge in [-0.3, -0.25) is 9.79 Å². The molecule has 0 aliphatic heterocycles. The molecular formula is C12H15NO2. The highest BCUT2D eigenvalue weighted by atomic mass is 16.5. The van der Waals surface area contributed by atoms with Gasteiger partial charge < -0.3 is 4.74 Å². The molecule has 0 bridgehead atoms. The first-order valence-corrected chi connectivity index (χ1v) is 4.98. The van der Waals surface area contributed by atoms with Crippen molar-refractivity contribution in [3.05, 3.63) is 35.9 Å². The van der Waals surface area contributed by atoms with Crippen LogP contribution in [0.3, 0.4) is 0 Å². The predicted octanol–water partition coefficient (Wildman–Crippen LogP) is 1.86. The van der Waals surface area contributed by atoms with Crippen LogP contribution in [-0.4, -0.2) is 25.3 Å². The molecule has 1 aromatic carbocycles. The molecule has 0 N–H and O–H groups in total. The van der Waals surface area contributed by atoms with E-state index in [4.69, 9.17) is 4.74 Å². The second-order valence-electron chi connectivity index (χ2n) is 3.10. The molecule has 0 unspecified atom stereocenters. The molecule has 0 aliphatic rings. The average molecular weight is 205 g/mol. The van der Waals surface area contributed by atoms with Gasteiger partial charge in [-0.25, -0.2) is 0 Å². The Labute approximate surface area is 89.8 Å². The second kappa shape index (κ2) is 6.76. The standard InChI is InChI=1S/C12H15NO2/c1-2-15-10-13-9-12(14)8-11-6-4-3-5-7-11/h3-7,10H,2,8-9H2,1H3. The van der Waals surface area contributed by atoms with Gasteiger partial charge >= 0.3 is 0 Å². The zero-order chi connectivity index (χ0) is 10.9. The lowest BCUT2D eigenvalue weighted by atomic mass is 10.1. The highest BCUT2D eigenvalue weighted by molar-refractivity contribution is 5.83. The van der Waals surface area contributed by atoms with Crippen LogP contribution >= 0.6 is 0 Å². The maximum Gasteiger partial charge on any atom is 0.169 e. The van der Waals surface area contributed by atoms with E-state index in [1.54, 1.807) is 0 Å². The molecule has 0 radical (unpaired) electrons. The summed E-state index contributed by atoms with van der Waals surface area (Å²) in [4.78, 5) is 15.3. The van der Waals surface area contributed by atoms with Crippen LogP contribution in [0.25, 0.3) is 0 Å². The summed E-state index contributed by atoms with van der Waals surface area (Å²) >= 11 is 0. The van der Waals surface area contributed by atoms with Gasteiger partial charge in [0, 0.05) is 6.42 Å². The molecule has 0 fully saturated rings. The third kappa shape index (κ3) is 4.96. The van der Waals surface area contributed by atoms with Crippen molar-refractivity contribution in [1.82, 2.24) is 0 Å². The Hall–Kier alpha value is -1.64. The van der Waals surface area contributed by atoms with E-state index in [0.29, 0.717) is 13.0 Å². The number of ether oxygens (including phenoxy) is 1. The molecular weight excluding hydrogens is 190 g/mol. The maximum absolute atomic E-state index is 11.4. The van der Waals surface area contributed by atoms with Gasteiger partial charge in [-0.05, 0) is 12.5 Å². The van der Waals surface area contributed by atoms with Crippen LogP contribution in [0, 0.1) is 0 Å². The molecule has 0 amide bonds. The third-order valence-electron chi connectivity index (χ3n) is 1.83. The van der Waals surface area contributed by atoms with Gasteiger partial charge in [0.25, 0.3) is 0 Å². The van der Waals surface area contributed by atoms with Gasteiger partial charge in [-0.1, -0.05) is 30.3 Å². The van der Waals surface area contributed by atoms with E-state index in [9.17, 15) is 4.79 Å². The van der Waals surface area contributed by atoms with Crippen LogP contribution in [0.1, 0.15) is 12.5 Å². The van der Waals surface area contributed by atoms with Crippen LogP contribution in [0.15, 0.2) is 35.3 Å². The highest BCUT2D eigenvalue weighted by Crippen LogP contribution is 1.99. The molecule has 1 rings (SSSR count). The molecule has 0 spiro atoms. The summed E-state index contributed by atoms with van der Waals surface area (Å²) in [6.45, 7) is 2.64. The monoisotopic (exact) mass is 205 g/mol. The quantitative estimate of drug-likeness (QED) is 0.525. The van der Waals surface area contributed by atoms with Gasteiger partial charge in [-0.15, -0.1) is 0 Å². The lowest BCUT2D eigenvalue weighted by Gasteiger charge is -1.97. The zero-order valence-corrected chi connectivity index (χ0v) is 8.85. The minimum Gasteiger partial charge on any atom is -0.484 e. The number of rotatable bonds is 6. The van der Waals surface area contributed by atoms with Crippen LogP contribution in [0.5, 0.6) is 0 Å². The van der Waals surface area contributed by atoms with Crippen molar-refractivity contribution >= 4 is 12.2 Å². The van der Waals surface area contributed by atoms with E-state index in [-0.39, 0.29) is 12.3 Å². The fraction of sp³-hybridized carbons (Fsp3) is 0.333. The number of ketones is 1. The lowest BCUT2D eigenvalue weighted by Crippen LogP contribution is -2.06. The van der Waals surface area contributed by atoms with Crippen molar-refractivity contribution in [2.75, 3.05) is 13.2 Å². The van der Waals surface area contributed by atoms with Crippen molar-refractivity contribution in [2.24, 2.45) is 4.99 Å². The van der Waals surface area contributed by atoms with Gasteiger partial charge in [0.2, 0.25) is 0 Å². The maximum atomic E-state index is 11.4. The predicted molar refractivity (Wildman–Crippen MR) is 60.1 cm³/mol. The van der Waals surface area contributed by atoms with Crippen molar-refractivity contribution in [1.29, 1.82) is 0 Å². The van der Waals surface area contributed by atoms with Crippen LogP contribution in [-0.2, 0) is 16.0 Å². The molecule has 3 nitrogen and oxygen atoms in total. The van der Waals surface area contributed by atoms with Crippen LogP contribution < -0.4 is 0 Å². The molecule has 0 aliphatic carbocycles. The summed E-state index contributed by atoms with van der Waals surface area (Å²) in [7, 11) is 0. The summed E-state index contributed by atoms with van der Waals surface area (Å²) in [6, 6.07) is 9.65. The third-order valence-corrected chi connectivity index (χ3v) is 1.83. The second-order valence-corrected chi connectivity index (χ2v) is 3.10. The fourth-order valence-corrected chi connectivity index (χ4v) is 1.15. The van der Waals surface area contributed by atoms with Gasteiger partial charge in [0.15, 0.2) is 12.2 Å². The number of Topliss-reactive ketones (excluding diaryl/α,β-unsaturated/α-hetero) is 1. The number of hydrogen-bond donors (Lipinski definition) is 0. The topological polar surface area (TPSA) is 38.7 Å². The first-order chi connectivity index (χ1) is 7.33. The fourth-order valence-electron chi connectivity index (χ4n) is 1.15. The lowest BCUT2D eigenvalue weighted by molar-refractivity contribution is -0.117. The largest absolute Gasteiger partial charge is 0.484 e. The number of carbonyl (C=O) groups is 1. The molecule has 0 saturated heterocycles. The Kier molecular flexibility index (Phi) is 5.15. The van der Waals surface area contributed by atoms with Crippen molar-refractivity contribution < 1.29 is 9.53 Å². The van der Waals surface area contributed by atoms with E-state index in [0.717, 1.165) is 5.56 Å². The Morgan fingerprint density at radius 2 is 2.13 bits per heavy atom. The Balaban J connectivity index is 2.31. The van der Waals surface area contributed by atoms with Gasteiger partial charge in [0.1, 0.15) is 6.54 Å². The Bertz CT molecular complexity index is 320. The Morgan fingerprint density at radius 1 is 1.40 bits per heavy atom. The van der Waals surface area contributed by atoms with Crippen molar-refractivity contribution in [3.63, 3.8) is 0 Å². The molecule has 80 valence electrons. The molecule has 0 atom stereocenters. The summed E-state index contributed by atoms with van der Waals surface area (Å²) in [6.07, 6.45) is 1.77. The van der Waals surface area contributed by atoms with Gasteiger partial charge in [0.05, 0.1) is 6.61 Å². The number of aliphatic imine (C=N–C) groups is 1. The van der Waals surface area contributed by atoms with E-state index < -0.39 is 0 Å². The van der Waals surface area contributed by atoms with E-state index in [1.807, 2.05) is 37.3 Å². The van der Waals surface area contributed by atoms with E-state index in [1.165, 1.54) is 6.40 Å². The highest BCUT2D eigenvalue weighted by Gasteiger charge is 2.00. The molecule has 1 aromatic rings. The molecule has 0 heterocycles. The zero-order valence-electron chi connectivity index (χ0n) is 8.85. The van der Waals surface area contributed by atoms with E-state index in [2.05, 4.69) is 4.99 Å². The number of nitrogens with zero attached hydrogens (tertiary/aromatic N) is 1. The Morgan fingerprint density at radius 3 is 2.80 bits per heavy atom. The summed E-state index contributed by atoms with van der Waals surface area (Å²) < 4.78 is 4.89. The summed E-state index contributed by atoms with van der Waals surface area (Å²) in [5.41, 5.74) is 1.02. The molecule has 3 heteroatoms.